The van der Waals surface area contributed by atoms with Crippen LogP contribution >= 0.6 is 0 Å². The number of benzene rings is 3. The molecule has 1 heteroatoms. The van der Waals surface area contributed by atoms with E-state index in [1.807, 2.05) is 60.7 Å². The van der Waals surface area contributed by atoms with Crippen LogP contribution < -0.4 is 0 Å². The molecule has 2 heterocycles. The monoisotopic (exact) mass is 407 g/mol. The highest BCUT2D eigenvalue weighted by Crippen LogP contribution is 2.40. The summed E-state index contributed by atoms with van der Waals surface area (Å²) in [6, 6.07) is 30.1. The van der Waals surface area contributed by atoms with Gasteiger partial charge in [-0.1, -0.05) is 85.0 Å². The molecule has 2 unspecified atom stereocenters. The lowest BCUT2D eigenvalue weighted by atomic mass is 9.73. The molecule has 2 atom stereocenters. The summed E-state index contributed by atoms with van der Waals surface area (Å²) >= 11 is 0. The fourth-order valence-corrected chi connectivity index (χ4v) is 4.72. The lowest BCUT2D eigenvalue weighted by molar-refractivity contribution is 0.0854. The first-order valence-corrected chi connectivity index (χ1v) is 11.6. The van der Waals surface area contributed by atoms with Crippen LogP contribution in [0.2, 0.25) is 0 Å². The van der Waals surface area contributed by atoms with E-state index in [1.54, 1.807) is 5.56 Å². The van der Waals surface area contributed by atoms with Crippen LogP contribution in [0, 0.1) is 18.8 Å². The summed E-state index contributed by atoms with van der Waals surface area (Å²) in [5.41, 5.74) is 5.44. The van der Waals surface area contributed by atoms with Crippen molar-refractivity contribution in [3.8, 4) is 11.8 Å². The molecular weight excluding hydrogens is 374 g/mol. The molecule has 3 aromatic carbocycles. The number of fused-ring (bicyclic) bond motifs is 1. The van der Waals surface area contributed by atoms with E-state index in [0.29, 0.717) is 5.41 Å². The molecule has 0 radical (unpaired) electrons. The minimum Gasteiger partial charge on any atom is -0.300 e. The number of aryl methyl sites for hydroxylation is 1. The second kappa shape index (κ2) is 9.99. The number of nitrogens with zero attached hydrogens (tertiary/aromatic N) is 1. The van der Waals surface area contributed by atoms with Crippen molar-refractivity contribution in [2.45, 2.75) is 51.0 Å². The van der Waals surface area contributed by atoms with Gasteiger partial charge in [0, 0.05) is 17.2 Å². The van der Waals surface area contributed by atoms with Crippen LogP contribution in [0.15, 0.2) is 84.9 Å². The van der Waals surface area contributed by atoms with E-state index in [1.165, 1.54) is 44.3 Å². The van der Waals surface area contributed by atoms with Crippen LogP contribution in [-0.4, -0.2) is 24.0 Å². The van der Waals surface area contributed by atoms with E-state index in [4.69, 9.17) is 0 Å². The first-order valence-electron chi connectivity index (χ1n) is 11.6. The summed E-state index contributed by atoms with van der Waals surface area (Å²) in [5.74, 6) is 6.22. The van der Waals surface area contributed by atoms with Crippen molar-refractivity contribution in [2.75, 3.05) is 13.1 Å². The molecule has 158 valence electrons. The van der Waals surface area contributed by atoms with Gasteiger partial charge in [0.15, 0.2) is 0 Å². The second-order valence-corrected chi connectivity index (χ2v) is 9.19. The van der Waals surface area contributed by atoms with E-state index in [2.05, 4.69) is 54.9 Å². The Balaban J connectivity index is 0.000000152. The lowest BCUT2D eigenvalue weighted by Crippen LogP contribution is -2.48. The van der Waals surface area contributed by atoms with Gasteiger partial charge in [0.1, 0.15) is 0 Å². The van der Waals surface area contributed by atoms with Crippen molar-refractivity contribution in [2.24, 2.45) is 0 Å². The van der Waals surface area contributed by atoms with E-state index in [-0.39, 0.29) is 0 Å². The fraction of sp³-hybridized carbons (Fsp3) is 0.333. The average molecular weight is 408 g/mol. The van der Waals surface area contributed by atoms with E-state index in [0.717, 1.165) is 17.2 Å². The Morgan fingerprint density at radius 2 is 1.35 bits per heavy atom. The molecule has 2 aliphatic heterocycles. The number of hydrogen-bond donors (Lipinski definition) is 0. The molecule has 0 bridgehead atoms. The Hall–Kier alpha value is -2.82. The molecule has 2 aliphatic rings. The summed E-state index contributed by atoms with van der Waals surface area (Å²) in [6.07, 6.45) is 5.49. The molecule has 31 heavy (non-hydrogen) atoms. The van der Waals surface area contributed by atoms with E-state index < -0.39 is 0 Å². The molecule has 5 rings (SSSR count). The summed E-state index contributed by atoms with van der Waals surface area (Å²) < 4.78 is 0. The molecule has 2 fully saturated rings. The summed E-state index contributed by atoms with van der Waals surface area (Å²) in [4.78, 5) is 2.68. The first kappa shape index (κ1) is 21.4. The fourth-order valence-electron chi connectivity index (χ4n) is 4.72. The predicted molar refractivity (Wildman–Crippen MR) is 131 cm³/mol. The molecule has 0 spiro atoms. The molecule has 0 aliphatic carbocycles. The molecule has 0 N–H and O–H groups in total. The highest BCUT2D eigenvalue weighted by Gasteiger charge is 2.38. The highest BCUT2D eigenvalue weighted by atomic mass is 15.2. The van der Waals surface area contributed by atoms with Gasteiger partial charge in [0.05, 0.1) is 0 Å². The largest absolute Gasteiger partial charge is 0.300 e. The van der Waals surface area contributed by atoms with Crippen LogP contribution in [0.3, 0.4) is 0 Å². The quantitative estimate of drug-likeness (QED) is 0.411. The van der Waals surface area contributed by atoms with Gasteiger partial charge < -0.3 is 4.90 Å². The van der Waals surface area contributed by atoms with E-state index >= 15 is 0 Å². The van der Waals surface area contributed by atoms with Gasteiger partial charge in [-0.05, 0) is 80.9 Å². The number of hydrogen-bond acceptors (Lipinski definition) is 1. The van der Waals surface area contributed by atoms with Crippen molar-refractivity contribution in [3.05, 3.63) is 107 Å². The summed E-state index contributed by atoms with van der Waals surface area (Å²) in [6.45, 7) is 7.31. The number of rotatable bonds is 1. The molecule has 3 aromatic rings. The van der Waals surface area contributed by atoms with Gasteiger partial charge in [-0.3, -0.25) is 0 Å². The normalized spacial score (nSPS) is 22.5. The first-order chi connectivity index (χ1) is 15.1. The average Bonchev–Trinajstić information content (AvgIpc) is 2.91. The Morgan fingerprint density at radius 1 is 0.774 bits per heavy atom. The Bertz CT molecular complexity index is 967. The van der Waals surface area contributed by atoms with Crippen molar-refractivity contribution in [1.29, 1.82) is 0 Å². The van der Waals surface area contributed by atoms with Crippen LogP contribution in [0.25, 0.3) is 0 Å². The van der Waals surface area contributed by atoms with Crippen molar-refractivity contribution >= 4 is 0 Å². The third-order valence-electron chi connectivity index (χ3n) is 6.77. The highest BCUT2D eigenvalue weighted by molar-refractivity contribution is 5.42. The second-order valence-electron chi connectivity index (χ2n) is 9.19. The molecule has 2 saturated heterocycles. The van der Waals surface area contributed by atoms with Crippen LogP contribution in [-0.2, 0) is 5.41 Å². The molecular formula is C30H33N. The Morgan fingerprint density at radius 3 is 1.87 bits per heavy atom. The summed E-state index contributed by atoms with van der Waals surface area (Å²) in [7, 11) is 0. The van der Waals surface area contributed by atoms with Gasteiger partial charge in [0.25, 0.3) is 0 Å². The minimum absolute atomic E-state index is 0.410. The van der Waals surface area contributed by atoms with Crippen molar-refractivity contribution in [3.63, 3.8) is 0 Å². The van der Waals surface area contributed by atoms with Crippen molar-refractivity contribution in [1.82, 2.24) is 4.90 Å². The zero-order valence-corrected chi connectivity index (χ0v) is 18.9. The maximum Gasteiger partial charge on any atom is 0.0249 e. The van der Waals surface area contributed by atoms with Gasteiger partial charge in [-0.2, -0.15) is 0 Å². The lowest BCUT2D eigenvalue weighted by Gasteiger charge is -2.42. The third kappa shape index (κ3) is 5.66. The van der Waals surface area contributed by atoms with Crippen LogP contribution in [0.1, 0.15) is 54.9 Å². The van der Waals surface area contributed by atoms with Crippen molar-refractivity contribution < 1.29 is 0 Å². The topological polar surface area (TPSA) is 3.24 Å². The van der Waals surface area contributed by atoms with Gasteiger partial charge in [-0.25, -0.2) is 0 Å². The molecule has 0 saturated carbocycles. The maximum absolute atomic E-state index is 3.11. The van der Waals surface area contributed by atoms with Gasteiger partial charge >= 0.3 is 0 Å². The minimum atomic E-state index is 0.410. The molecule has 0 aromatic heterocycles. The van der Waals surface area contributed by atoms with E-state index in [9.17, 15) is 0 Å². The van der Waals surface area contributed by atoms with Gasteiger partial charge in [-0.15, -0.1) is 0 Å². The Kier molecular flexibility index (Phi) is 6.90. The standard InChI is InChI=1S/C16H23N.C14H10/c1-13-4-6-14(7-5-13)16(2)9-3-10-17-11-8-15(17)12-16;1-3-7-13(8-4-1)11-12-14-9-5-2-6-10-14/h4-7,15H,3,8-12H2,1-2H3;1-10H. The maximum atomic E-state index is 3.11. The Labute approximate surface area is 188 Å². The zero-order chi connectivity index (χ0) is 21.5. The predicted octanol–water partition coefficient (Wildman–Crippen LogP) is 6.60. The smallest absolute Gasteiger partial charge is 0.0249 e. The zero-order valence-electron chi connectivity index (χ0n) is 18.9. The van der Waals surface area contributed by atoms with Crippen LogP contribution in [0.5, 0.6) is 0 Å². The molecule has 1 nitrogen and oxygen atoms in total. The molecule has 0 amide bonds. The third-order valence-corrected chi connectivity index (χ3v) is 6.77. The summed E-state index contributed by atoms with van der Waals surface area (Å²) in [5, 5.41) is 0. The van der Waals surface area contributed by atoms with Gasteiger partial charge in [0.2, 0.25) is 0 Å². The van der Waals surface area contributed by atoms with Crippen LogP contribution in [0.4, 0.5) is 0 Å². The SMILES string of the molecule is C(#Cc1ccccc1)c1ccccc1.Cc1ccc(C2(C)CCCN3CCC3C2)cc1.